The van der Waals surface area contributed by atoms with E-state index in [-0.39, 0.29) is 0 Å². The molecule has 0 amide bonds. The zero-order chi connectivity index (χ0) is 35.1. The average molecular weight is 697 g/mol. The van der Waals surface area contributed by atoms with Gasteiger partial charge in [-0.2, -0.15) is 0 Å². The Morgan fingerprint density at radius 2 is 0.943 bits per heavy atom. The molecule has 0 saturated carbocycles. The van der Waals surface area contributed by atoms with Crippen LogP contribution in [0.25, 0.3) is 76.1 Å². The van der Waals surface area contributed by atoms with Crippen LogP contribution in [0, 0.1) is 0 Å². The van der Waals surface area contributed by atoms with Gasteiger partial charge in [0, 0.05) is 33.4 Å². The molecule has 0 fully saturated rings. The number of rotatable bonds is 7. The zero-order valence-electron chi connectivity index (χ0n) is 28.7. The predicted octanol–water partition coefficient (Wildman–Crippen LogP) is 14.3. The van der Waals surface area contributed by atoms with E-state index in [0.717, 1.165) is 70.9 Å². The van der Waals surface area contributed by atoms with Gasteiger partial charge >= 0.3 is 0 Å². The fraction of sp³-hybridized carbons (Fsp3) is 0. The molecular weight excluding hydrogens is 665 g/mol. The molecular formula is C49H32N2OS. The Balaban J connectivity index is 1.09. The van der Waals surface area contributed by atoms with Gasteiger partial charge in [0.15, 0.2) is 0 Å². The molecule has 0 atom stereocenters. The number of thiazole rings is 1. The van der Waals surface area contributed by atoms with E-state index in [1.165, 1.54) is 22.3 Å². The van der Waals surface area contributed by atoms with E-state index in [2.05, 4.69) is 193 Å². The van der Waals surface area contributed by atoms with Gasteiger partial charge in [-0.3, -0.25) is 0 Å². The summed E-state index contributed by atoms with van der Waals surface area (Å²) in [7, 11) is 0. The van der Waals surface area contributed by atoms with Crippen LogP contribution in [-0.4, -0.2) is 4.98 Å². The van der Waals surface area contributed by atoms with Crippen LogP contribution in [0.2, 0.25) is 0 Å². The molecule has 2 heterocycles. The van der Waals surface area contributed by atoms with Crippen LogP contribution in [0.1, 0.15) is 0 Å². The molecule has 4 heteroatoms. The monoisotopic (exact) mass is 696 g/mol. The van der Waals surface area contributed by atoms with E-state index in [1.807, 2.05) is 6.07 Å². The summed E-state index contributed by atoms with van der Waals surface area (Å²) in [6, 6.07) is 68.5. The number of aromatic nitrogens is 1. The molecule has 0 unspecified atom stereocenters. The smallest absolute Gasteiger partial charge is 0.137 e. The van der Waals surface area contributed by atoms with E-state index in [1.54, 1.807) is 11.3 Å². The number of para-hydroxylation sites is 1. The van der Waals surface area contributed by atoms with Crippen molar-refractivity contribution in [3.8, 4) is 44.0 Å². The Hall–Kier alpha value is -6.75. The Morgan fingerprint density at radius 3 is 1.68 bits per heavy atom. The molecule has 0 radical (unpaired) electrons. The molecule has 0 spiro atoms. The molecule has 10 aromatic rings. The second kappa shape index (κ2) is 13.1. The number of hydrogen-bond donors (Lipinski definition) is 0. The summed E-state index contributed by atoms with van der Waals surface area (Å²) in [5.41, 5.74) is 14.2. The first-order valence-corrected chi connectivity index (χ1v) is 18.6. The summed E-state index contributed by atoms with van der Waals surface area (Å²) >= 11 is 1.73. The van der Waals surface area contributed by atoms with Crippen LogP contribution < -0.4 is 4.90 Å². The van der Waals surface area contributed by atoms with Gasteiger partial charge in [-0.05, 0) is 88.0 Å². The van der Waals surface area contributed by atoms with E-state index in [0.29, 0.717) is 0 Å². The quantitative estimate of drug-likeness (QED) is 0.166. The van der Waals surface area contributed by atoms with Gasteiger partial charge in [-0.15, -0.1) is 11.3 Å². The normalized spacial score (nSPS) is 11.4. The van der Waals surface area contributed by atoms with Crippen LogP contribution in [0.15, 0.2) is 199 Å². The summed E-state index contributed by atoms with van der Waals surface area (Å²) in [5, 5.41) is 3.24. The van der Waals surface area contributed by atoms with E-state index < -0.39 is 0 Å². The largest absolute Gasteiger partial charge is 0.456 e. The third-order valence-electron chi connectivity index (χ3n) is 9.91. The third-order valence-corrected chi connectivity index (χ3v) is 11.1. The maximum absolute atomic E-state index is 6.51. The maximum Gasteiger partial charge on any atom is 0.137 e. The summed E-state index contributed by atoms with van der Waals surface area (Å²) < 4.78 is 7.65. The fourth-order valence-electron chi connectivity index (χ4n) is 7.46. The molecule has 8 aromatic carbocycles. The van der Waals surface area contributed by atoms with Gasteiger partial charge in [-0.25, -0.2) is 4.98 Å². The molecule has 0 saturated heterocycles. The van der Waals surface area contributed by atoms with Crippen molar-refractivity contribution in [3.63, 3.8) is 0 Å². The molecule has 0 aliphatic rings. The van der Waals surface area contributed by atoms with Crippen molar-refractivity contribution in [1.82, 2.24) is 4.98 Å². The Morgan fingerprint density at radius 1 is 0.396 bits per heavy atom. The first-order valence-electron chi connectivity index (χ1n) is 17.8. The van der Waals surface area contributed by atoms with E-state index in [4.69, 9.17) is 9.40 Å². The molecule has 0 bridgehead atoms. The van der Waals surface area contributed by atoms with Crippen LogP contribution >= 0.6 is 11.3 Å². The molecule has 250 valence electrons. The lowest BCUT2D eigenvalue weighted by atomic mass is 9.94. The molecule has 10 rings (SSSR count). The lowest BCUT2D eigenvalue weighted by Gasteiger charge is -2.26. The summed E-state index contributed by atoms with van der Waals surface area (Å²) in [6.45, 7) is 0. The molecule has 53 heavy (non-hydrogen) atoms. The predicted molar refractivity (Wildman–Crippen MR) is 223 cm³/mol. The number of benzene rings is 8. The number of hydrogen-bond acceptors (Lipinski definition) is 4. The van der Waals surface area contributed by atoms with E-state index >= 15 is 0 Å². The Kier molecular flexibility index (Phi) is 7.67. The van der Waals surface area contributed by atoms with E-state index in [9.17, 15) is 0 Å². The van der Waals surface area contributed by atoms with Gasteiger partial charge in [0.25, 0.3) is 0 Å². The molecule has 2 aromatic heterocycles. The SMILES string of the molecule is c1ccc(-c2nc3ccc4oc5cccc(-c6cccc(N(c7ccccc7)c7ccc(-c8ccccc8-c8ccccc8)cc7)c6)c5c4c3s2)cc1. The van der Waals surface area contributed by atoms with Crippen molar-refractivity contribution in [3.05, 3.63) is 194 Å². The number of anilines is 3. The maximum atomic E-state index is 6.51. The second-order valence-electron chi connectivity index (χ2n) is 13.1. The van der Waals surface area contributed by atoms with Crippen molar-refractivity contribution < 1.29 is 4.42 Å². The van der Waals surface area contributed by atoms with Crippen molar-refractivity contribution >= 4 is 60.6 Å². The van der Waals surface area contributed by atoms with Crippen LogP contribution in [0.5, 0.6) is 0 Å². The highest BCUT2D eigenvalue weighted by Gasteiger charge is 2.20. The van der Waals surface area contributed by atoms with Crippen molar-refractivity contribution in [2.75, 3.05) is 4.90 Å². The first-order chi connectivity index (χ1) is 26.3. The molecule has 3 nitrogen and oxygen atoms in total. The van der Waals surface area contributed by atoms with Crippen molar-refractivity contribution in [2.24, 2.45) is 0 Å². The Bertz CT molecular complexity index is 2880. The van der Waals surface area contributed by atoms with Gasteiger partial charge in [0.1, 0.15) is 16.2 Å². The van der Waals surface area contributed by atoms with Crippen LogP contribution in [-0.2, 0) is 0 Å². The summed E-state index contributed by atoms with van der Waals surface area (Å²) in [5.74, 6) is 0. The van der Waals surface area contributed by atoms with Gasteiger partial charge < -0.3 is 9.32 Å². The van der Waals surface area contributed by atoms with Gasteiger partial charge in [0.2, 0.25) is 0 Å². The summed E-state index contributed by atoms with van der Waals surface area (Å²) in [6.07, 6.45) is 0. The highest BCUT2D eigenvalue weighted by atomic mass is 32.1. The Labute approximate surface area is 311 Å². The summed E-state index contributed by atoms with van der Waals surface area (Å²) in [4.78, 5) is 7.37. The number of fused-ring (bicyclic) bond motifs is 5. The highest BCUT2D eigenvalue weighted by molar-refractivity contribution is 7.22. The zero-order valence-corrected chi connectivity index (χ0v) is 29.5. The van der Waals surface area contributed by atoms with Gasteiger partial charge in [-0.1, -0.05) is 140 Å². The third kappa shape index (κ3) is 5.57. The van der Waals surface area contributed by atoms with Crippen LogP contribution in [0.3, 0.4) is 0 Å². The minimum Gasteiger partial charge on any atom is -0.456 e. The second-order valence-corrected chi connectivity index (χ2v) is 14.1. The topological polar surface area (TPSA) is 29.3 Å². The fourth-order valence-corrected chi connectivity index (χ4v) is 8.58. The van der Waals surface area contributed by atoms with Crippen molar-refractivity contribution in [1.29, 1.82) is 0 Å². The lowest BCUT2D eigenvalue weighted by Crippen LogP contribution is -2.09. The lowest BCUT2D eigenvalue weighted by molar-refractivity contribution is 0.669. The highest BCUT2D eigenvalue weighted by Crippen LogP contribution is 2.45. The average Bonchev–Trinajstić information content (AvgIpc) is 3.85. The van der Waals surface area contributed by atoms with Crippen LogP contribution in [0.4, 0.5) is 17.1 Å². The standard InChI is InChI=1S/C49H32N2OS/c1-4-14-33(15-5-1)40-22-10-11-23-41(40)34-26-28-38(29-27-34)51(37-19-8-3-9-20-37)39-21-12-18-36(32-39)42-24-13-25-44-46(42)47-45(52-44)31-30-43-48(47)53-49(50-43)35-16-6-2-7-17-35/h1-32H. The van der Waals surface area contributed by atoms with Crippen molar-refractivity contribution in [2.45, 2.75) is 0 Å². The molecule has 0 N–H and O–H groups in total. The minimum atomic E-state index is 0.872. The minimum absolute atomic E-state index is 0.872. The first kappa shape index (κ1) is 31.0. The molecule has 0 aliphatic carbocycles. The number of nitrogens with zero attached hydrogens (tertiary/aromatic N) is 2. The molecule has 0 aliphatic heterocycles. The van der Waals surface area contributed by atoms with Gasteiger partial charge in [0.05, 0.1) is 10.2 Å². The number of furan rings is 1.